The van der Waals surface area contributed by atoms with Crippen molar-refractivity contribution < 1.29 is 21.1 Å². The van der Waals surface area contributed by atoms with Gasteiger partial charge in [0.05, 0.1) is 18.2 Å². The molecule has 0 bridgehead atoms. The zero-order valence-electron chi connectivity index (χ0n) is 16.0. The molecule has 0 aliphatic carbocycles. The maximum absolute atomic E-state index is 8.98. The Kier molecular flexibility index (Phi) is 5.91. The molecule has 0 spiro atoms. The van der Waals surface area contributed by atoms with Crippen LogP contribution in [0.3, 0.4) is 0 Å². The van der Waals surface area contributed by atoms with Gasteiger partial charge >= 0.3 is 21.1 Å². The van der Waals surface area contributed by atoms with E-state index in [9.17, 15) is 0 Å². The predicted molar refractivity (Wildman–Crippen MR) is 103 cm³/mol. The third-order valence-electron chi connectivity index (χ3n) is 4.47. The summed E-state index contributed by atoms with van der Waals surface area (Å²) in [5.41, 5.74) is 1.73. The summed E-state index contributed by atoms with van der Waals surface area (Å²) >= 11 is 0. The molecule has 0 amide bonds. The molecule has 0 aromatic carbocycles. The Balaban J connectivity index is 0.00000256. The van der Waals surface area contributed by atoms with Gasteiger partial charge in [0, 0.05) is 16.8 Å². The molecule has 0 fully saturated rings. The molecule has 0 saturated heterocycles. The third kappa shape index (κ3) is 3.91. The van der Waals surface area contributed by atoms with E-state index in [0.717, 1.165) is 11.4 Å². The first kappa shape index (κ1) is 21.1. The molecule has 4 rings (SSSR count). The van der Waals surface area contributed by atoms with Gasteiger partial charge in [0.15, 0.2) is 0 Å². The maximum atomic E-state index is 8.98. The van der Waals surface area contributed by atoms with Crippen LogP contribution >= 0.6 is 0 Å². The van der Waals surface area contributed by atoms with Crippen LogP contribution in [0.15, 0.2) is 48.8 Å². The molecule has 4 heterocycles. The van der Waals surface area contributed by atoms with Crippen molar-refractivity contribution in [2.24, 2.45) is 0 Å². The van der Waals surface area contributed by atoms with Crippen molar-refractivity contribution in [2.45, 2.75) is 19.3 Å². The second-order valence-corrected chi connectivity index (χ2v) is 6.75. The molecular formula is C21H14N8Pt. The molecule has 148 valence electrons. The van der Waals surface area contributed by atoms with E-state index in [2.05, 4.69) is 27.4 Å². The van der Waals surface area contributed by atoms with Crippen LogP contribution in [-0.2, 0) is 26.5 Å². The second kappa shape index (κ2) is 8.40. The van der Waals surface area contributed by atoms with Gasteiger partial charge in [-0.2, -0.15) is 0 Å². The van der Waals surface area contributed by atoms with E-state index in [1.807, 2.05) is 50.2 Å². The molecule has 30 heavy (non-hydrogen) atoms. The van der Waals surface area contributed by atoms with Gasteiger partial charge in [0.2, 0.25) is 0 Å². The monoisotopic (exact) mass is 573 g/mol. The minimum Gasteiger partial charge on any atom is -0.357 e. The van der Waals surface area contributed by atoms with Crippen LogP contribution < -0.4 is 0 Å². The molecule has 8 nitrogen and oxygen atoms in total. The first-order valence-corrected chi connectivity index (χ1v) is 8.69. The Hall–Kier alpha value is -3.61. The Labute approximate surface area is 187 Å². The zero-order valence-corrected chi connectivity index (χ0v) is 18.3. The fourth-order valence-electron chi connectivity index (χ4n) is 2.82. The number of hydrogen-bond donors (Lipinski definition) is 0. The van der Waals surface area contributed by atoms with Crippen molar-refractivity contribution in [3.05, 3.63) is 89.6 Å². The molecule has 0 N–H and O–H groups in total. The first-order chi connectivity index (χ1) is 14.0. The zero-order chi connectivity index (χ0) is 20.4. The average molecular weight is 573 g/mol. The van der Waals surface area contributed by atoms with E-state index in [-0.39, 0.29) is 21.1 Å². The van der Waals surface area contributed by atoms with E-state index in [1.165, 1.54) is 21.8 Å². The van der Waals surface area contributed by atoms with E-state index in [1.54, 1.807) is 6.07 Å². The Morgan fingerprint density at radius 1 is 0.967 bits per heavy atom. The molecule has 0 unspecified atom stereocenters. The smallest absolute Gasteiger partial charge is 0.357 e. The minimum atomic E-state index is -0.521. The summed E-state index contributed by atoms with van der Waals surface area (Å²) < 4.78 is 2.91. The van der Waals surface area contributed by atoms with Crippen LogP contribution in [0.2, 0.25) is 0 Å². The summed E-state index contributed by atoms with van der Waals surface area (Å²) in [5.74, 6) is 1.14. The number of nitriles is 1. The van der Waals surface area contributed by atoms with Gasteiger partial charge in [0.25, 0.3) is 0 Å². The van der Waals surface area contributed by atoms with Gasteiger partial charge < -0.3 is 9.36 Å². The van der Waals surface area contributed by atoms with E-state index >= 15 is 0 Å². The molecule has 0 saturated carbocycles. The summed E-state index contributed by atoms with van der Waals surface area (Å²) in [4.78, 5) is 12.7. The molecule has 0 radical (unpaired) electrons. The second-order valence-electron chi connectivity index (χ2n) is 6.75. The fourth-order valence-corrected chi connectivity index (χ4v) is 2.82. The number of rotatable bonds is 4. The topological polar surface area (TPSA) is 89.6 Å². The van der Waals surface area contributed by atoms with Gasteiger partial charge in [-0.3, -0.25) is 25.2 Å². The third-order valence-corrected chi connectivity index (χ3v) is 4.47. The quantitative estimate of drug-likeness (QED) is 0.350. The molecule has 4 aromatic heterocycles. The molecular weight excluding hydrogens is 559 g/mol. The Morgan fingerprint density at radius 3 is 2.03 bits per heavy atom. The maximum Gasteiger partial charge on any atom is 2.00 e. The number of hydrogen-bond acceptors (Lipinski definition) is 5. The first-order valence-electron chi connectivity index (χ1n) is 8.69. The van der Waals surface area contributed by atoms with Crippen LogP contribution in [0.25, 0.3) is 16.5 Å². The van der Waals surface area contributed by atoms with Crippen molar-refractivity contribution in [3.63, 3.8) is 0 Å². The van der Waals surface area contributed by atoms with E-state index in [0.29, 0.717) is 22.9 Å². The van der Waals surface area contributed by atoms with E-state index in [4.69, 9.17) is 21.8 Å². The van der Waals surface area contributed by atoms with Crippen LogP contribution in [0.1, 0.15) is 30.8 Å². The van der Waals surface area contributed by atoms with Crippen molar-refractivity contribution in [3.8, 4) is 17.7 Å². The Bertz CT molecular complexity index is 1170. The normalized spacial score (nSPS) is 10.7. The average Bonchev–Trinajstić information content (AvgIpc) is 3.43. The van der Waals surface area contributed by atoms with Crippen LogP contribution in [-0.4, -0.2) is 29.5 Å². The summed E-state index contributed by atoms with van der Waals surface area (Å²) in [6, 6.07) is 13.2. The SMILES string of the molecule is [C-]#[N+]c1[c-]n(-c2cccc(C(C)(C)c3cccc(-n4[c-]c(C#N)cn4)n3)n2)nc1.[Pt+2]. The number of nitrogens with zero attached hydrogens (tertiary/aromatic N) is 8. The minimum absolute atomic E-state index is 0. The molecule has 0 aliphatic heterocycles. The number of pyridine rings is 2. The summed E-state index contributed by atoms with van der Waals surface area (Å²) in [6.45, 7) is 11.1. The number of aromatic nitrogens is 6. The molecule has 0 aliphatic rings. The molecule has 9 heteroatoms. The Morgan fingerprint density at radius 2 is 1.53 bits per heavy atom. The van der Waals surface area contributed by atoms with Crippen molar-refractivity contribution in [1.82, 2.24) is 29.5 Å². The van der Waals surface area contributed by atoms with Gasteiger partial charge in [0.1, 0.15) is 5.69 Å². The largest absolute Gasteiger partial charge is 2.00 e. The summed E-state index contributed by atoms with van der Waals surface area (Å²) in [6.07, 6.45) is 8.63. The fraction of sp³-hybridized carbons (Fsp3) is 0.143. The van der Waals surface area contributed by atoms with Crippen LogP contribution in [0, 0.1) is 30.3 Å². The predicted octanol–water partition coefficient (Wildman–Crippen LogP) is 3.19. The molecule has 4 aromatic rings. The van der Waals surface area contributed by atoms with Gasteiger partial charge in [-0.25, -0.2) is 5.10 Å². The standard InChI is InChI=1S/C21H14N8.Pt/c1-21(2,17-6-4-8-19(26-17)28-13-15(10-22)11-24-28)18-7-5-9-20(27-18)29-14-16(23-3)12-25-29;/h4-9,11-12H,1-2H3;/q-2;+2. The van der Waals surface area contributed by atoms with Gasteiger partial charge in [-0.05, 0) is 56.2 Å². The van der Waals surface area contributed by atoms with Gasteiger partial charge in [-0.15, -0.1) is 0 Å². The summed E-state index contributed by atoms with van der Waals surface area (Å²) in [5, 5.41) is 17.3. The van der Waals surface area contributed by atoms with E-state index < -0.39 is 5.41 Å². The van der Waals surface area contributed by atoms with Gasteiger partial charge in [-0.1, -0.05) is 30.5 Å². The van der Waals surface area contributed by atoms with Crippen molar-refractivity contribution in [1.29, 1.82) is 5.26 Å². The summed E-state index contributed by atoms with van der Waals surface area (Å²) in [7, 11) is 0. The molecule has 0 atom stereocenters. The van der Waals surface area contributed by atoms with Crippen molar-refractivity contribution in [2.75, 3.05) is 0 Å². The van der Waals surface area contributed by atoms with Crippen LogP contribution in [0.5, 0.6) is 0 Å². The van der Waals surface area contributed by atoms with Crippen LogP contribution in [0.4, 0.5) is 5.69 Å². The van der Waals surface area contributed by atoms with Crippen molar-refractivity contribution >= 4 is 5.69 Å².